The van der Waals surface area contributed by atoms with E-state index in [1.807, 2.05) is 0 Å². The number of aromatic nitrogens is 1. The molecule has 96 valence electrons. The number of hydrogen-bond acceptors (Lipinski definition) is 4. The van der Waals surface area contributed by atoms with E-state index in [9.17, 15) is 5.11 Å². The van der Waals surface area contributed by atoms with Crippen molar-refractivity contribution in [3.05, 3.63) is 23.3 Å². The third-order valence-corrected chi connectivity index (χ3v) is 4.55. The number of aryl methyl sites for hydroxylation is 2. The molecule has 3 rings (SSSR count). The van der Waals surface area contributed by atoms with Gasteiger partial charge in [0, 0.05) is 13.1 Å². The van der Waals surface area contributed by atoms with Crippen LogP contribution in [0.4, 0.5) is 5.13 Å². The van der Waals surface area contributed by atoms with Crippen LogP contribution in [0.2, 0.25) is 0 Å². The van der Waals surface area contributed by atoms with Crippen LogP contribution in [0.25, 0.3) is 10.2 Å². The van der Waals surface area contributed by atoms with Gasteiger partial charge in [-0.25, -0.2) is 4.98 Å². The summed E-state index contributed by atoms with van der Waals surface area (Å²) in [4.78, 5) is 6.96. The summed E-state index contributed by atoms with van der Waals surface area (Å²) in [6.07, 6.45) is 1.77. The zero-order valence-corrected chi connectivity index (χ0v) is 11.6. The highest BCUT2D eigenvalue weighted by molar-refractivity contribution is 7.22. The van der Waals surface area contributed by atoms with Gasteiger partial charge in [-0.1, -0.05) is 17.4 Å². The maximum absolute atomic E-state index is 9.75. The van der Waals surface area contributed by atoms with Crippen molar-refractivity contribution in [3.8, 4) is 0 Å². The number of fused-ring (bicyclic) bond motifs is 1. The molecule has 1 N–H and O–H groups in total. The molecule has 1 aromatic carbocycles. The minimum Gasteiger partial charge on any atom is -0.391 e. The van der Waals surface area contributed by atoms with Crippen LogP contribution < -0.4 is 4.90 Å². The molecular formula is C14H18N2OS. The number of thiazole rings is 1. The van der Waals surface area contributed by atoms with Gasteiger partial charge in [0.1, 0.15) is 0 Å². The van der Waals surface area contributed by atoms with Crippen molar-refractivity contribution in [2.24, 2.45) is 0 Å². The van der Waals surface area contributed by atoms with Crippen molar-refractivity contribution in [1.29, 1.82) is 0 Å². The van der Waals surface area contributed by atoms with E-state index < -0.39 is 0 Å². The van der Waals surface area contributed by atoms with Crippen molar-refractivity contribution in [1.82, 2.24) is 4.98 Å². The summed E-state index contributed by atoms with van der Waals surface area (Å²) in [5, 5.41) is 10.8. The first-order valence-corrected chi connectivity index (χ1v) is 7.26. The van der Waals surface area contributed by atoms with Crippen LogP contribution in [0.3, 0.4) is 0 Å². The predicted octanol–water partition coefficient (Wildman–Crippen LogP) is 2.87. The zero-order valence-electron chi connectivity index (χ0n) is 10.8. The van der Waals surface area contributed by atoms with E-state index in [0.717, 1.165) is 36.6 Å². The molecule has 0 amide bonds. The Morgan fingerprint density at radius 2 is 2.22 bits per heavy atom. The topological polar surface area (TPSA) is 36.4 Å². The fourth-order valence-electron chi connectivity index (χ4n) is 2.62. The van der Waals surface area contributed by atoms with Gasteiger partial charge in [-0.15, -0.1) is 0 Å². The summed E-state index contributed by atoms with van der Waals surface area (Å²) in [5.41, 5.74) is 3.64. The van der Waals surface area contributed by atoms with Gasteiger partial charge < -0.3 is 10.0 Å². The fourth-order valence-corrected chi connectivity index (χ4v) is 3.80. The largest absolute Gasteiger partial charge is 0.391 e. The first-order valence-electron chi connectivity index (χ1n) is 6.44. The maximum Gasteiger partial charge on any atom is 0.186 e. The molecule has 0 bridgehead atoms. The number of hydrogen-bond donors (Lipinski definition) is 1. The number of aliphatic hydroxyl groups excluding tert-OH is 1. The van der Waals surface area contributed by atoms with Gasteiger partial charge in [0.15, 0.2) is 5.13 Å². The molecule has 1 saturated heterocycles. The first-order chi connectivity index (χ1) is 8.63. The van der Waals surface area contributed by atoms with Crippen LogP contribution in [0.1, 0.15) is 24.0 Å². The summed E-state index contributed by atoms with van der Waals surface area (Å²) < 4.78 is 1.25. The van der Waals surface area contributed by atoms with E-state index in [1.54, 1.807) is 11.3 Å². The van der Waals surface area contributed by atoms with E-state index in [-0.39, 0.29) is 6.10 Å². The zero-order chi connectivity index (χ0) is 12.7. The van der Waals surface area contributed by atoms with Crippen LogP contribution in [-0.4, -0.2) is 29.3 Å². The number of rotatable bonds is 1. The van der Waals surface area contributed by atoms with Crippen LogP contribution in [0, 0.1) is 13.8 Å². The Bertz CT molecular complexity index is 578. The highest BCUT2D eigenvalue weighted by Gasteiger charge is 2.20. The van der Waals surface area contributed by atoms with Crippen molar-refractivity contribution >= 4 is 26.7 Å². The molecular weight excluding hydrogens is 244 g/mol. The van der Waals surface area contributed by atoms with E-state index in [4.69, 9.17) is 4.98 Å². The minimum absolute atomic E-state index is 0.200. The number of benzene rings is 1. The first kappa shape index (κ1) is 11.9. The Hall–Kier alpha value is -1.13. The van der Waals surface area contributed by atoms with Crippen LogP contribution >= 0.6 is 11.3 Å². The van der Waals surface area contributed by atoms with E-state index >= 15 is 0 Å². The lowest BCUT2D eigenvalue weighted by atomic mass is 10.1. The summed E-state index contributed by atoms with van der Waals surface area (Å²) >= 11 is 1.74. The molecule has 2 heterocycles. The predicted molar refractivity (Wildman–Crippen MR) is 76.5 cm³/mol. The number of piperidine rings is 1. The third-order valence-electron chi connectivity index (χ3n) is 3.49. The Morgan fingerprint density at radius 1 is 1.39 bits per heavy atom. The summed E-state index contributed by atoms with van der Waals surface area (Å²) in [6, 6.07) is 4.38. The number of nitrogens with zero attached hydrogens (tertiary/aromatic N) is 2. The molecule has 1 aliphatic heterocycles. The van der Waals surface area contributed by atoms with Gasteiger partial charge in [-0.05, 0) is 43.9 Å². The SMILES string of the molecule is Cc1cc(C)c2nc(N3CCCC(O)C3)sc2c1. The summed E-state index contributed by atoms with van der Waals surface area (Å²) in [5.74, 6) is 0. The van der Waals surface area contributed by atoms with Crippen LogP contribution in [0.15, 0.2) is 12.1 Å². The van der Waals surface area contributed by atoms with E-state index in [2.05, 4.69) is 30.9 Å². The van der Waals surface area contributed by atoms with Crippen molar-refractivity contribution in [2.45, 2.75) is 32.8 Å². The molecule has 1 fully saturated rings. The lowest BCUT2D eigenvalue weighted by Crippen LogP contribution is -2.38. The van der Waals surface area contributed by atoms with Gasteiger partial charge >= 0.3 is 0 Å². The number of β-amino-alcohol motifs (C(OH)–C–C–N with tert-alkyl or cyclic N) is 1. The lowest BCUT2D eigenvalue weighted by molar-refractivity contribution is 0.154. The average Bonchev–Trinajstić information content (AvgIpc) is 2.73. The van der Waals surface area contributed by atoms with Crippen LogP contribution in [-0.2, 0) is 0 Å². The summed E-state index contributed by atoms with van der Waals surface area (Å²) in [7, 11) is 0. The monoisotopic (exact) mass is 262 g/mol. The lowest BCUT2D eigenvalue weighted by Gasteiger charge is -2.29. The Kier molecular flexibility index (Phi) is 2.99. The highest BCUT2D eigenvalue weighted by Crippen LogP contribution is 2.32. The average molecular weight is 262 g/mol. The van der Waals surface area contributed by atoms with Crippen molar-refractivity contribution < 1.29 is 5.11 Å². The minimum atomic E-state index is -0.200. The van der Waals surface area contributed by atoms with Gasteiger partial charge in [0.2, 0.25) is 0 Å². The fraction of sp³-hybridized carbons (Fsp3) is 0.500. The quantitative estimate of drug-likeness (QED) is 0.858. The van der Waals surface area contributed by atoms with Crippen LogP contribution in [0.5, 0.6) is 0 Å². The molecule has 1 unspecified atom stereocenters. The standard InChI is InChI=1S/C14H18N2OS/c1-9-6-10(2)13-12(7-9)18-14(15-13)16-5-3-4-11(17)8-16/h6-7,11,17H,3-5,8H2,1-2H3. The second-order valence-corrected chi connectivity index (χ2v) is 6.18. The van der Waals surface area contributed by atoms with Gasteiger partial charge in [-0.2, -0.15) is 0 Å². The van der Waals surface area contributed by atoms with Crippen molar-refractivity contribution in [2.75, 3.05) is 18.0 Å². The third kappa shape index (κ3) is 2.10. The normalized spacial score (nSPS) is 20.6. The van der Waals surface area contributed by atoms with Crippen molar-refractivity contribution in [3.63, 3.8) is 0 Å². The number of anilines is 1. The van der Waals surface area contributed by atoms with Gasteiger partial charge in [0.05, 0.1) is 16.3 Å². The van der Waals surface area contributed by atoms with Gasteiger partial charge in [0.25, 0.3) is 0 Å². The second kappa shape index (κ2) is 4.52. The maximum atomic E-state index is 9.75. The Morgan fingerprint density at radius 3 is 3.00 bits per heavy atom. The van der Waals surface area contributed by atoms with Gasteiger partial charge in [-0.3, -0.25) is 0 Å². The molecule has 0 saturated carbocycles. The Labute approximate surface area is 111 Å². The molecule has 2 aromatic rings. The molecule has 0 spiro atoms. The molecule has 0 radical (unpaired) electrons. The van der Waals surface area contributed by atoms with E-state index in [1.165, 1.54) is 15.8 Å². The molecule has 1 aromatic heterocycles. The smallest absolute Gasteiger partial charge is 0.186 e. The molecule has 18 heavy (non-hydrogen) atoms. The highest BCUT2D eigenvalue weighted by atomic mass is 32.1. The molecule has 1 aliphatic rings. The Balaban J connectivity index is 2.00. The molecule has 1 atom stereocenters. The summed E-state index contributed by atoms with van der Waals surface area (Å²) in [6.45, 7) is 5.97. The van der Waals surface area contributed by atoms with E-state index in [0.29, 0.717) is 0 Å². The number of aliphatic hydroxyl groups is 1. The molecule has 0 aliphatic carbocycles. The molecule has 3 nitrogen and oxygen atoms in total. The second-order valence-electron chi connectivity index (χ2n) is 5.17. The molecule has 4 heteroatoms.